The standard InChI is InChI=1S/C16H21NO/c18-15(13-8-9-13)17-12-16(10-4-5-11-16)14-6-2-1-3-7-14/h1-3,6-7,13H,4-5,8-12H2,(H,17,18). The van der Waals surface area contributed by atoms with Gasteiger partial charge in [-0.2, -0.15) is 0 Å². The molecule has 2 aliphatic rings. The van der Waals surface area contributed by atoms with Crippen LogP contribution in [-0.4, -0.2) is 12.5 Å². The predicted molar refractivity (Wildman–Crippen MR) is 72.3 cm³/mol. The van der Waals surface area contributed by atoms with Gasteiger partial charge in [-0.25, -0.2) is 0 Å². The summed E-state index contributed by atoms with van der Waals surface area (Å²) in [7, 11) is 0. The van der Waals surface area contributed by atoms with Gasteiger partial charge in [0.2, 0.25) is 5.91 Å². The van der Waals surface area contributed by atoms with Crippen molar-refractivity contribution in [1.29, 1.82) is 0 Å². The molecule has 0 radical (unpaired) electrons. The normalized spacial score (nSPS) is 21.8. The predicted octanol–water partition coefficient (Wildman–Crippen LogP) is 3.02. The van der Waals surface area contributed by atoms with Crippen LogP contribution in [0.2, 0.25) is 0 Å². The monoisotopic (exact) mass is 243 g/mol. The minimum absolute atomic E-state index is 0.200. The largest absolute Gasteiger partial charge is 0.355 e. The molecule has 1 aromatic rings. The number of benzene rings is 1. The van der Waals surface area contributed by atoms with Gasteiger partial charge < -0.3 is 5.32 Å². The third-order valence-electron chi connectivity index (χ3n) is 4.50. The minimum Gasteiger partial charge on any atom is -0.355 e. The lowest BCUT2D eigenvalue weighted by molar-refractivity contribution is -0.122. The first kappa shape index (κ1) is 11.8. The van der Waals surface area contributed by atoms with Gasteiger partial charge in [-0.05, 0) is 31.2 Å². The summed E-state index contributed by atoms with van der Waals surface area (Å²) in [5, 5.41) is 3.19. The van der Waals surface area contributed by atoms with E-state index >= 15 is 0 Å². The molecule has 0 spiro atoms. The molecule has 0 aromatic heterocycles. The van der Waals surface area contributed by atoms with Gasteiger partial charge in [0.25, 0.3) is 0 Å². The third kappa shape index (κ3) is 2.29. The fourth-order valence-electron chi connectivity index (χ4n) is 3.16. The van der Waals surface area contributed by atoms with Crippen molar-refractivity contribution in [3.8, 4) is 0 Å². The molecule has 0 unspecified atom stereocenters. The smallest absolute Gasteiger partial charge is 0.223 e. The Labute approximate surface area is 109 Å². The van der Waals surface area contributed by atoms with Gasteiger partial charge in [0.05, 0.1) is 0 Å². The molecule has 1 N–H and O–H groups in total. The van der Waals surface area contributed by atoms with Crippen LogP contribution in [0, 0.1) is 5.92 Å². The Kier molecular flexibility index (Phi) is 3.11. The number of hydrogen-bond acceptors (Lipinski definition) is 1. The molecular weight excluding hydrogens is 222 g/mol. The topological polar surface area (TPSA) is 29.1 Å². The quantitative estimate of drug-likeness (QED) is 0.865. The summed E-state index contributed by atoms with van der Waals surface area (Å²) < 4.78 is 0. The van der Waals surface area contributed by atoms with Gasteiger partial charge in [-0.15, -0.1) is 0 Å². The van der Waals surface area contributed by atoms with E-state index in [0.717, 1.165) is 19.4 Å². The molecule has 18 heavy (non-hydrogen) atoms. The SMILES string of the molecule is O=C(NCC1(c2ccccc2)CCCC1)C1CC1. The molecule has 3 rings (SSSR count). The summed E-state index contributed by atoms with van der Waals surface area (Å²) in [6.45, 7) is 0.826. The molecule has 96 valence electrons. The van der Waals surface area contributed by atoms with Crippen LogP contribution >= 0.6 is 0 Å². The van der Waals surface area contributed by atoms with Crippen LogP contribution in [0.3, 0.4) is 0 Å². The molecular formula is C16H21NO. The number of amides is 1. The van der Waals surface area contributed by atoms with Gasteiger partial charge in [0.1, 0.15) is 0 Å². The zero-order chi connectivity index (χ0) is 12.4. The van der Waals surface area contributed by atoms with Crippen molar-refractivity contribution in [2.45, 2.75) is 43.9 Å². The molecule has 1 amide bonds. The highest BCUT2D eigenvalue weighted by Crippen LogP contribution is 2.40. The Hall–Kier alpha value is -1.31. The van der Waals surface area contributed by atoms with Crippen molar-refractivity contribution in [1.82, 2.24) is 5.32 Å². The Morgan fingerprint density at radius 2 is 1.83 bits per heavy atom. The highest BCUT2D eigenvalue weighted by atomic mass is 16.2. The Morgan fingerprint density at radius 1 is 1.17 bits per heavy atom. The number of carbonyl (C=O) groups is 1. The van der Waals surface area contributed by atoms with E-state index in [1.54, 1.807) is 0 Å². The van der Waals surface area contributed by atoms with Crippen molar-refractivity contribution in [2.24, 2.45) is 5.92 Å². The summed E-state index contributed by atoms with van der Waals surface area (Å²) in [4.78, 5) is 11.8. The molecule has 0 atom stereocenters. The van der Waals surface area contributed by atoms with Crippen LogP contribution in [0.1, 0.15) is 44.1 Å². The van der Waals surface area contributed by atoms with E-state index < -0.39 is 0 Å². The molecule has 2 saturated carbocycles. The van der Waals surface area contributed by atoms with Crippen LogP contribution in [-0.2, 0) is 10.2 Å². The van der Waals surface area contributed by atoms with Crippen LogP contribution in [0.15, 0.2) is 30.3 Å². The van der Waals surface area contributed by atoms with E-state index in [2.05, 4.69) is 35.6 Å². The van der Waals surface area contributed by atoms with Gasteiger partial charge in [0, 0.05) is 17.9 Å². The first-order valence-corrected chi connectivity index (χ1v) is 7.13. The summed E-state index contributed by atoms with van der Waals surface area (Å²) in [6.07, 6.45) is 7.17. The number of nitrogens with one attached hydrogen (secondary N) is 1. The molecule has 0 aliphatic heterocycles. The van der Waals surface area contributed by atoms with Crippen LogP contribution in [0.5, 0.6) is 0 Å². The van der Waals surface area contributed by atoms with Crippen LogP contribution in [0.25, 0.3) is 0 Å². The first-order valence-electron chi connectivity index (χ1n) is 7.13. The fraction of sp³-hybridized carbons (Fsp3) is 0.562. The fourth-order valence-corrected chi connectivity index (χ4v) is 3.16. The van der Waals surface area contributed by atoms with E-state index in [1.807, 2.05) is 0 Å². The molecule has 2 fully saturated rings. The van der Waals surface area contributed by atoms with Crippen LogP contribution in [0.4, 0.5) is 0 Å². The number of hydrogen-bond donors (Lipinski definition) is 1. The average molecular weight is 243 g/mol. The summed E-state index contributed by atoms with van der Waals surface area (Å²) in [6, 6.07) is 10.7. The third-order valence-corrected chi connectivity index (χ3v) is 4.50. The van der Waals surface area contributed by atoms with Crippen molar-refractivity contribution < 1.29 is 4.79 Å². The Morgan fingerprint density at radius 3 is 2.44 bits per heavy atom. The van der Waals surface area contributed by atoms with Crippen molar-refractivity contribution in [3.63, 3.8) is 0 Å². The highest BCUT2D eigenvalue weighted by molar-refractivity contribution is 5.80. The maximum absolute atomic E-state index is 11.8. The van der Waals surface area contributed by atoms with Gasteiger partial charge in [-0.1, -0.05) is 43.2 Å². The summed E-state index contributed by atoms with van der Waals surface area (Å²) in [5.41, 5.74) is 1.60. The second-order valence-corrected chi connectivity index (χ2v) is 5.85. The van der Waals surface area contributed by atoms with E-state index in [1.165, 1.54) is 31.2 Å². The number of carbonyl (C=O) groups excluding carboxylic acids is 1. The lowest BCUT2D eigenvalue weighted by Crippen LogP contribution is -2.39. The lowest BCUT2D eigenvalue weighted by Gasteiger charge is -2.30. The zero-order valence-electron chi connectivity index (χ0n) is 10.8. The van der Waals surface area contributed by atoms with Crippen molar-refractivity contribution in [3.05, 3.63) is 35.9 Å². The molecule has 1 aromatic carbocycles. The van der Waals surface area contributed by atoms with Crippen molar-refractivity contribution >= 4 is 5.91 Å². The lowest BCUT2D eigenvalue weighted by atomic mass is 9.79. The van der Waals surface area contributed by atoms with Gasteiger partial charge in [0.15, 0.2) is 0 Å². The molecule has 0 bridgehead atoms. The molecule has 2 heteroatoms. The molecule has 2 aliphatic carbocycles. The molecule has 2 nitrogen and oxygen atoms in total. The van der Waals surface area contributed by atoms with E-state index in [9.17, 15) is 4.79 Å². The maximum atomic E-state index is 11.8. The maximum Gasteiger partial charge on any atom is 0.223 e. The molecule has 0 saturated heterocycles. The van der Waals surface area contributed by atoms with Crippen molar-refractivity contribution in [2.75, 3.05) is 6.54 Å². The Balaban J connectivity index is 1.72. The zero-order valence-corrected chi connectivity index (χ0v) is 10.8. The van der Waals surface area contributed by atoms with Crippen LogP contribution < -0.4 is 5.32 Å². The number of rotatable bonds is 4. The summed E-state index contributed by atoms with van der Waals surface area (Å²) >= 11 is 0. The van der Waals surface area contributed by atoms with E-state index in [4.69, 9.17) is 0 Å². The molecule has 0 heterocycles. The Bertz CT molecular complexity index is 416. The second-order valence-electron chi connectivity index (χ2n) is 5.85. The summed E-state index contributed by atoms with van der Waals surface area (Å²) in [5.74, 6) is 0.594. The van der Waals surface area contributed by atoms with Gasteiger partial charge >= 0.3 is 0 Å². The highest BCUT2D eigenvalue weighted by Gasteiger charge is 2.37. The van der Waals surface area contributed by atoms with Gasteiger partial charge in [-0.3, -0.25) is 4.79 Å². The minimum atomic E-state index is 0.200. The van der Waals surface area contributed by atoms with E-state index in [0.29, 0.717) is 5.92 Å². The average Bonchev–Trinajstić information content (AvgIpc) is 3.16. The second kappa shape index (κ2) is 4.75. The van der Waals surface area contributed by atoms with E-state index in [-0.39, 0.29) is 11.3 Å². The first-order chi connectivity index (χ1) is 8.80.